The standard InChI is InChI=1S/C23H30F2N4O4/c24-21(25)17-11-15(7-8-18(17)28-9-10-33-13-19(28)30)27-23(32)20(22(26)31)29(16-5-2-6-16)12-14-3-1-4-14/h7-8,11,14,16,20-21H,1-6,9-10,12-13H2,(H2,26,31)(H,27,32)/t20-/m0/s1. The number of nitrogens with two attached hydrogens (primary N) is 1. The molecule has 2 saturated carbocycles. The molecule has 0 radical (unpaired) electrons. The topological polar surface area (TPSA) is 105 Å². The number of hydrogen-bond acceptors (Lipinski definition) is 5. The van der Waals surface area contributed by atoms with Crippen molar-refractivity contribution in [3.05, 3.63) is 23.8 Å². The van der Waals surface area contributed by atoms with Crippen molar-refractivity contribution >= 4 is 29.1 Å². The van der Waals surface area contributed by atoms with Gasteiger partial charge in [0.2, 0.25) is 5.91 Å². The molecule has 0 aromatic heterocycles. The number of alkyl halides is 2. The molecule has 3 amide bonds. The van der Waals surface area contributed by atoms with Gasteiger partial charge in [0.05, 0.1) is 12.3 Å². The molecule has 1 aromatic rings. The van der Waals surface area contributed by atoms with Crippen LogP contribution in [0.25, 0.3) is 0 Å². The minimum Gasteiger partial charge on any atom is -0.370 e. The molecule has 4 rings (SSSR count). The molecule has 2 aliphatic carbocycles. The number of morpholine rings is 1. The van der Waals surface area contributed by atoms with Gasteiger partial charge in [-0.15, -0.1) is 0 Å². The van der Waals surface area contributed by atoms with Gasteiger partial charge in [-0.2, -0.15) is 0 Å². The maximum Gasteiger partial charge on any atom is 0.265 e. The van der Waals surface area contributed by atoms with Crippen LogP contribution in [0.4, 0.5) is 20.2 Å². The van der Waals surface area contributed by atoms with E-state index in [-0.39, 0.29) is 42.7 Å². The summed E-state index contributed by atoms with van der Waals surface area (Å²) >= 11 is 0. The van der Waals surface area contributed by atoms with Crippen LogP contribution in [0, 0.1) is 5.92 Å². The first-order valence-corrected chi connectivity index (χ1v) is 11.5. The van der Waals surface area contributed by atoms with Gasteiger partial charge in [-0.1, -0.05) is 12.8 Å². The normalized spacial score (nSPS) is 20.5. The first-order chi connectivity index (χ1) is 15.8. The monoisotopic (exact) mass is 464 g/mol. The van der Waals surface area contributed by atoms with E-state index in [0.29, 0.717) is 12.5 Å². The number of nitrogens with zero attached hydrogens (tertiary/aromatic N) is 2. The Labute approximate surface area is 191 Å². The number of anilines is 2. The Morgan fingerprint density at radius 1 is 1.21 bits per heavy atom. The van der Waals surface area contributed by atoms with Crippen LogP contribution >= 0.6 is 0 Å². The molecular formula is C23H30F2N4O4. The number of benzene rings is 1. The Bertz CT molecular complexity index is 904. The van der Waals surface area contributed by atoms with Crippen molar-refractivity contribution < 1.29 is 27.9 Å². The van der Waals surface area contributed by atoms with Crippen molar-refractivity contribution in [3.63, 3.8) is 0 Å². The van der Waals surface area contributed by atoms with Gasteiger partial charge in [0.25, 0.3) is 18.2 Å². The highest BCUT2D eigenvalue weighted by Gasteiger charge is 2.40. The van der Waals surface area contributed by atoms with E-state index in [4.69, 9.17) is 10.5 Å². The summed E-state index contributed by atoms with van der Waals surface area (Å²) in [6.07, 6.45) is 3.27. The van der Waals surface area contributed by atoms with E-state index in [1.54, 1.807) is 0 Å². The number of primary amides is 1. The van der Waals surface area contributed by atoms with Crippen LogP contribution in [0.1, 0.15) is 50.5 Å². The van der Waals surface area contributed by atoms with E-state index in [2.05, 4.69) is 5.32 Å². The van der Waals surface area contributed by atoms with Crippen LogP contribution in [-0.2, 0) is 19.1 Å². The molecule has 1 saturated heterocycles. The highest BCUT2D eigenvalue weighted by molar-refractivity contribution is 6.09. The molecule has 3 N–H and O–H groups in total. The molecule has 1 aromatic carbocycles. The van der Waals surface area contributed by atoms with Crippen LogP contribution < -0.4 is 16.0 Å². The van der Waals surface area contributed by atoms with Gasteiger partial charge >= 0.3 is 0 Å². The quantitative estimate of drug-likeness (QED) is 0.546. The largest absolute Gasteiger partial charge is 0.370 e. The van der Waals surface area contributed by atoms with Crippen molar-refractivity contribution in [2.45, 2.75) is 57.0 Å². The van der Waals surface area contributed by atoms with E-state index in [9.17, 15) is 23.2 Å². The first-order valence-electron chi connectivity index (χ1n) is 11.5. The summed E-state index contributed by atoms with van der Waals surface area (Å²) in [5.41, 5.74) is 5.49. The highest BCUT2D eigenvalue weighted by atomic mass is 19.3. The molecule has 8 nitrogen and oxygen atoms in total. The van der Waals surface area contributed by atoms with Gasteiger partial charge in [-0.05, 0) is 49.8 Å². The third kappa shape index (κ3) is 5.16. The van der Waals surface area contributed by atoms with Gasteiger partial charge in [0.15, 0.2) is 6.04 Å². The number of amides is 3. The second-order valence-corrected chi connectivity index (χ2v) is 9.04. The van der Waals surface area contributed by atoms with Gasteiger partial charge in [-0.25, -0.2) is 8.78 Å². The number of halogens is 2. The lowest BCUT2D eigenvalue weighted by atomic mass is 9.82. The van der Waals surface area contributed by atoms with Crippen molar-refractivity contribution in [1.29, 1.82) is 0 Å². The average Bonchev–Trinajstić information content (AvgIpc) is 2.69. The molecule has 3 fully saturated rings. The Kier molecular flexibility index (Phi) is 7.23. The molecule has 33 heavy (non-hydrogen) atoms. The Hall–Kier alpha value is -2.59. The van der Waals surface area contributed by atoms with Gasteiger partial charge in [0, 0.05) is 30.4 Å². The second kappa shape index (κ2) is 10.1. The molecule has 0 spiro atoms. The molecule has 1 heterocycles. The molecular weight excluding hydrogens is 434 g/mol. The van der Waals surface area contributed by atoms with Crippen molar-refractivity contribution in [1.82, 2.24) is 4.90 Å². The van der Waals surface area contributed by atoms with E-state index >= 15 is 0 Å². The van der Waals surface area contributed by atoms with E-state index in [1.165, 1.54) is 17.0 Å². The number of ether oxygens (including phenoxy) is 1. The zero-order valence-electron chi connectivity index (χ0n) is 18.5. The molecule has 180 valence electrons. The minimum atomic E-state index is -2.86. The van der Waals surface area contributed by atoms with Crippen LogP contribution in [0.2, 0.25) is 0 Å². The molecule has 0 unspecified atom stereocenters. The average molecular weight is 465 g/mol. The zero-order valence-corrected chi connectivity index (χ0v) is 18.5. The fourth-order valence-corrected chi connectivity index (χ4v) is 4.64. The SMILES string of the molecule is NC(=O)[C@@H](C(=O)Nc1ccc(N2CCOCC2=O)c(C(F)F)c1)N(CC1CCC1)C1CCC1. The van der Waals surface area contributed by atoms with Crippen LogP contribution in [0.15, 0.2) is 18.2 Å². The summed E-state index contributed by atoms with van der Waals surface area (Å²) in [7, 11) is 0. The molecule has 1 aliphatic heterocycles. The molecule has 0 bridgehead atoms. The minimum absolute atomic E-state index is 0.0869. The molecule has 3 aliphatic rings. The molecule has 10 heteroatoms. The smallest absolute Gasteiger partial charge is 0.265 e. The third-order valence-corrected chi connectivity index (χ3v) is 6.89. The zero-order chi connectivity index (χ0) is 23.5. The fourth-order valence-electron chi connectivity index (χ4n) is 4.64. The molecule has 1 atom stereocenters. The number of carbonyl (C=O) groups is 3. The Balaban J connectivity index is 1.54. The van der Waals surface area contributed by atoms with Crippen LogP contribution in [0.3, 0.4) is 0 Å². The van der Waals surface area contributed by atoms with Crippen molar-refractivity contribution in [2.24, 2.45) is 11.7 Å². The number of hydrogen-bond donors (Lipinski definition) is 2. The number of rotatable bonds is 9. The predicted octanol–water partition coefficient (Wildman–Crippen LogP) is 2.43. The lowest BCUT2D eigenvalue weighted by Gasteiger charge is -2.43. The van der Waals surface area contributed by atoms with Crippen LogP contribution in [-0.4, -0.2) is 61.0 Å². The van der Waals surface area contributed by atoms with Crippen molar-refractivity contribution in [3.8, 4) is 0 Å². The fraction of sp³-hybridized carbons (Fsp3) is 0.609. The lowest BCUT2D eigenvalue weighted by molar-refractivity contribution is -0.135. The van der Waals surface area contributed by atoms with Crippen molar-refractivity contribution in [2.75, 3.05) is 36.5 Å². The maximum atomic E-state index is 13.8. The maximum absolute atomic E-state index is 13.8. The van der Waals surface area contributed by atoms with E-state index < -0.39 is 30.2 Å². The lowest BCUT2D eigenvalue weighted by Crippen LogP contribution is -2.58. The third-order valence-electron chi connectivity index (χ3n) is 6.89. The Morgan fingerprint density at radius 3 is 2.48 bits per heavy atom. The number of carbonyl (C=O) groups excluding carboxylic acids is 3. The van der Waals surface area contributed by atoms with E-state index in [0.717, 1.165) is 44.6 Å². The first kappa shape index (κ1) is 23.6. The Morgan fingerprint density at radius 2 is 1.94 bits per heavy atom. The summed E-state index contributed by atoms with van der Waals surface area (Å²) < 4.78 is 32.7. The van der Waals surface area contributed by atoms with Gasteiger partial charge < -0.3 is 20.7 Å². The summed E-state index contributed by atoms with van der Waals surface area (Å²) in [6.45, 7) is 0.891. The summed E-state index contributed by atoms with van der Waals surface area (Å²) in [6, 6.07) is 2.96. The van der Waals surface area contributed by atoms with Crippen LogP contribution in [0.5, 0.6) is 0 Å². The number of nitrogens with one attached hydrogen (secondary N) is 1. The summed E-state index contributed by atoms with van der Waals surface area (Å²) in [4.78, 5) is 40.7. The van der Waals surface area contributed by atoms with Gasteiger partial charge in [0.1, 0.15) is 6.61 Å². The van der Waals surface area contributed by atoms with Gasteiger partial charge in [-0.3, -0.25) is 19.3 Å². The summed E-state index contributed by atoms with van der Waals surface area (Å²) in [5, 5.41) is 2.61. The highest BCUT2D eigenvalue weighted by Crippen LogP contribution is 2.35. The predicted molar refractivity (Wildman–Crippen MR) is 118 cm³/mol. The van der Waals surface area contributed by atoms with E-state index in [1.807, 2.05) is 4.90 Å². The second-order valence-electron chi connectivity index (χ2n) is 9.04. The summed E-state index contributed by atoms with van der Waals surface area (Å²) in [5.74, 6) is -1.33.